The maximum atomic E-state index is 13.3. The Balaban J connectivity index is 1.21. The highest BCUT2D eigenvalue weighted by Crippen LogP contribution is 2.33. The molecule has 3 aliphatic rings. The quantitative estimate of drug-likeness (QED) is 0.217. The van der Waals surface area contributed by atoms with Gasteiger partial charge in [-0.15, -0.1) is 0 Å². The topological polar surface area (TPSA) is 167 Å². The highest BCUT2D eigenvalue weighted by molar-refractivity contribution is 6.25. The van der Waals surface area contributed by atoms with Crippen molar-refractivity contribution in [1.29, 1.82) is 0 Å². The standard InChI is InChI=1S/C25H33N5O8/c31-20-5-4-19(22(32)28-20)30-23(33)17-2-1-3-18(21(17)24(30)34)27-16-6-9-29(10-7-16)11-13-38-15-14-37-12-8-26-25(35)36/h1-3,16,19,26-27H,4-15H2,(H,35,36)(H,28,31,32). The first-order valence-electron chi connectivity index (χ1n) is 12.8. The van der Waals surface area contributed by atoms with Crippen molar-refractivity contribution >= 4 is 35.4 Å². The minimum atomic E-state index is -1.07. The van der Waals surface area contributed by atoms with Gasteiger partial charge in [0.25, 0.3) is 11.8 Å². The van der Waals surface area contributed by atoms with Gasteiger partial charge in [0.1, 0.15) is 6.04 Å². The predicted molar refractivity (Wildman–Crippen MR) is 134 cm³/mol. The lowest BCUT2D eigenvalue weighted by atomic mass is 10.0. The number of imide groups is 2. The summed E-state index contributed by atoms with van der Waals surface area (Å²) < 4.78 is 10.9. The summed E-state index contributed by atoms with van der Waals surface area (Å²) in [6, 6.07) is 4.22. The van der Waals surface area contributed by atoms with Gasteiger partial charge in [0.15, 0.2) is 0 Å². The molecule has 4 rings (SSSR count). The Morgan fingerprint density at radius 1 is 1.00 bits per heavy atom. The van der Waals surface area contributed by atoms with Crippen LogP contribution in [-0.2, 0) is 19.1 Å². The number of hydrogen-bond acceptors (Lipinski definition) is 9. The number of anilines is 1. The van der Waals surface area contributed by atoms with Crippen molar-refractivity contribution in [1.82, 2.24) is 20.4 Å². The Hall–Kier alpha value is -3.55. The fourth-order valence-corrected chi connectivity index (χ4v) is 4.90. The maximum absolute atomic E-state index is 13.3. The van der Waals surface area contributed by atoms with Gasteiger partial charge in [-0.05, 0) is 31.4 Å². The van der Waals surface area contributed by atoms with E-state index in [0.717, 1.165) is 37.4 Å². The second-order valence-corrected chi connectivity index (χ2v) is 9.39. The average molecular weight is 532 g/mol. The van der Waals surface area contributed by atoms with Crippen LogP contribution in [0.25, 0.3) is 0 Å². The number of benzene rings is 1. The molecule has 4 N–H and O–H groups in total. The molecule has 13 heteroatoms. The molecular weight excluding hydrogens is 498 g/mol. The Kier molecular flexibility index (Phi) is 9.26. The molecule has 0 bridgehead atoms. The van der Waals surface area contributed by atoms with Crippen LogP contribution in [0.15, 0.2) is 18.2 Å². The highest BCUT2D eigenvalue weighted by Gasteiger charge is 2.45. The van der Waals surface area contributed by atoms with E-state index in [1.165, 1.54) is 0 Å². The van der Waals surface area contributed by atoms with Gasteiger partial charge in [0.2, 0.25) is 11.8 Å². The number of piperidine rings is 2. The van der Waals surface area contributed by atoms with Crippen LogP contribution < -0.4 is 16.0 Å². The van der Waals surface area contributed by atoms with E-state index in [1.807, 2.05) is 0 Å². The third-order valence-electron chi connectivity index (χ3n) is 6.86. The van der Waals surface area contributed by atoms with Crippen LogP contribution in [0.1, 0.15) is 46.4 Å². The fourth-order valence-electron chi connectivity index (χ4n) is 4.90. The lowest BCUT2D eigenvalue weighted by Gasteiger charge is -2.33. The van der Waals surface area contributed by atoms with E-state index >= 15 is 0 Å². The van der Waals surface area contributed by atoms with Crippen LogP contribution in [0.2, 0.25) is 0 Å². The number of ether oxygens (including phenoxy) is 2. The first kappa shape index (κ1) is 27.5. The Labute approximate surface area is 219 Å². The molecule has 0 aromatic heterocycles. The molecule has 1 aromatic carbocycles. The number of likely N-dealkylation sites (tertiary alicyclic amines) is 1. The third kappa shape index (κ3) is 6.65. The van der Waals surface area contributed by atoms with E-state index in [1.54, 1.807) is 18.2 Å². The SMILES string of the molecule is O=C(O)NCCOCCOCCN1CCC(Nc2cccc3c2C(=O)N(C2CCC(=O)NC2=O)C3=O)CC1. The van der Waals surface area contributed by atoms with Gasteiger partial charge in [-0.25, -0.2) is 4.79 Å². The summed E-state index contributed by atoms with van der Waals surface area (Å²) in [5.41, 5.74) is 1.12. The predicted octanol–water partition coefficient (Wildman–Crippen LogP) is 0.265. The molecular formula is C25H33N5O8. The lowest BCUT2D eigenvalue weighted by molar-refractivity contribution is -0.136. The number of hydrogen-bond donors (Lipinski definition) is 4. The van der Waals surface area contributed by atoms with E-state index < -0.39 is 35.8 Å². The molecule has 1 atom stereocenters. The number of nitrogens with one attached hydrogen (secondary N) is 3. The maximum Gasteiger partial charge on any atom is 0.404 e. The molecule has 38 heavy (non-hydrogen) atoms. The van der Waals surface area contributed by atoms with Crippen molar-refractivity contribution in [3.8, 4) is 0 Å². The van der Waals surface area contributed by atoms with Crippen LogP contribution in [0.4, 0.5) is 10.5 Å². The molecule has 0 saturated carbocycles. The van der Waals surface area contributed by atoms with Crippen LogP contribution in [0.3, 0.4) is 0 Å². The molecule has 206 valence electrons. The zero-order chi connectivity index (χ0) is 27.1. The summed E-state index contributed by atoms with van der Waals surface area (Å²) in [5, 5.41) is 16.3. The van der Waals surface area contributed by atoms with Crippen molar-refractivity contribution in [2.45, 2.75) is 37.8 Å². The number of nitrogens with zero attached hydrogens (tertiary/aromatic N) is 2. The first-order chi connectivity index (χ1) is 18.3. The molecule has 1 aromatic rings. The largest absolute Gasteiger partial charge is 0.465 e. The van der Waals surface area contributed by atoms with E-state index in [0.29, 0.717) is 32.1 Å². The summed E-state index contributed by atoms with van der Waals surface area (Å²) in [5.74, 6) is -2.05. The second kappa shape index (κ2) is 12.8. The Morgan fingerprint density at radius 3 is 2.45 bits per heavy atom. The summed E-state index contributed by atoms with van der Waals surface area (Å²) in [6.07, 6.45) is 0.832. The van der Waals surface area contributed by atoms with Gasteiger partial charge >= 0.3 is 6.09 Å². The summed E-state index contributed by atoms with van der Waals surface area (Å²) in [7, 11) is 0. The zero-order valence-electron chi connectivity index (χ0n) is 21.1. The van der Waals surface area contributed by atoms with E-state index in [2.05, 4.69) is 20.9 Å². The molecule has 3 heterocycles. The number of carboxylic acid groups (broad SMARTS) is 1. The molecule has 2 saturated heterocycles. The number of carbonyl (C=O) groups is 5. The first-order valence-corrected chi connectivity index (χ1v) is 12.8. The Morgan fingerprint density at radius 2 is 1.74 bits per heavy atom. The minimum absolute atomic E-state index is 0.0820. The van der Waals surface area contributed by atoms with Gasteiger partial charge in [-0.2, -0.15) is 0 Å². The number of carbonyl (C=O) groups excluding carboxylic acids is 4. The highest BCUT2D eigenvalue weighted by atomic mass is 16.5. The molecule has 3 aliphatic heterocycles. The van der Waals surface area contributed by atoms with Crippen LogP contribution in [0.5, 0.6) is 0 Å². The van der Waals surface area contributed by atoms with Crippen LogP contribution >= 0.6 is 0 Å². The smallest absolute Gasteiger partial charge is 0.404 e. The second-order valence-electron chi connectivity index (χ2n) is 9.39. The molecule has 2 fully saturated rings. The Bertz CT molecular complexity index is 1070. The minimum Gasteiger partial charge on any atom is -0.465 e. The van der Waals surface area contributed by atoms with Gasteiger partial charge < -0.3 is 30.1 Å². The van der Waals surface area contributed by atoms with Crippen molar-refractivity contribution in [3.63, 3.8) is 0 Å². The number of rotatable bonds is 12. The van der Waals surface area contributed by atoms with Gasteiger partial charge in [0.05, 0.1) is 37.6 Å². The lowest BCUT2D eigenvalue weighted by Crippen LogP contribution is -2.54. The van der Waals surface area contributed by atoms with Crippen molar-refractivity contribution in [2.24, 2.45) is 0 Å². The molecule has 1 unspecified atom stereocenters. The third-order valence-corrected chi connectivity index (χ3v) is 6.86. The molecule has 0 radical (unpaired) electrons. The zero-order valence-corrected chi connectivity index (χ0v) is 21.1. The van der Waals surface area contributed by atoms with Crippen molar-refractivity contribution < 1.29 is 38.6 Å². The van der Waals surface area contributed by atoms with Crippen molar-refractivity contribution in [2.75, 3.05) is 57.9 Å². The van der Waals surface area contributed by atoms with E-state index in [4.69, 9.17) is 14.6 Å². The normalized spacial score (nSPS) is 20.4. The van der Waals surface area contributed by atoms with Gasteiger partial charge in [-0.1, -0.05) is 6.07 Å². The molecule has 0 aliphatic carbocycles. The number of fused-ring (bicyclic) bond motifs is 1. The fraction of sp³-hybridized carbons (Fsp3) is 0.560. The van der Waals surface area contributed by atoms with Gasteiger partial charge in [0, 0.05) is 44.3 Å². The molecule has 13 nitrogen and oxygen atoms in total. The summed E-state index contributed by atoms with van der Waals surface area (Å²) in [6.45, 7) is 4.42. The number of amides is 5. The van der Waals surface area contributed by atoms with Gasteiger partial charge in [-0.3, -0.25) is 29.4 Å². The monoisotopic (exact) mass is 531 g/mol. The van der Waals surface area contributed by atoms with Crippen LogP contribution in [-0.4, -0.2) is 109 Å². The summed E-state index contributed by atoms with van der Waals surface area (Å²) in [4.78, 5) is 63.7. The van der Waals surface area contributed by atoms with Crippen LogP contribution in [0, 0.1) is 0 Å². The summed E-state index contributed by atoms with van der Waals surface area (Å²) >= 11 is 0. The molecule has 0 spiro atoms. The average Bonchev–Trinajstić information content (AvgIpc) is 3.14. The van der Waals surface area contributed by atoms with E-state index in [9.17, 15) is 24.0 Å². The van der Waals surface area contributed by atoms with E-state index in [-0.39, 0.29) is 36.6 Å². The van der Waals surface area contributed by atoms with Crippen molar-refractivity contribution in [3.05, 3.63) is 29.3 Å². The molecule has 5 amide bonds.